The topological polar surface area (TPSA) is 44.8 Å². The molecule has 0 N–H and O–H groups in total. The minimum Gasteiger partial charge on any atom is -0.460 e. The van der Waals surface area contributed by atoms with Crippen LogP contribution in [0.15, 0.2) is 0 Å². The second-order valence-corrected chi connectivity index (χ2v) is 3.53. The van der Waals surface area contributed by atoms with Crippen molar-refractivity contribution < 1.29 is 32.2 Å². The molecule has 0 bridgehead atoms. The first-order chi connectivity index (χ1) is 7.82. The Morgan fingerprint density at radius 2 is 1.94 bits per heavy atom. The van der Waals surface area contributed by atoms with Crippen molar-refractivity contribution in [3.63, 3.8) is 0 Å². The van der Waals surface area contributed by atoms with Crippen LogP contribution in [0.5, 0.6) is 0 Å². The summed E-state index contributed by atoms with van der Waals surface area (Å²) in [5.41, 5.74) is 0. The minimum absolute atomic E-state index is 0.501. The van der Waals surface area contributed by atoms with Crippen LogP contribution in [0.1, 0.15) is 26.7 Å². The van der Waals surface area contributed by atoms with Gasteiger partial charge >= 0.3 is 12.1 Å². The van der Waals surface area contributed by atoms with Gasteiger partial charge in [-0.2, -0.15) is 13.2 Å². The highest BCUT2D eigenvalue weighted by atomic mass is 19.4. The van der Waals surface area contributed by atoms with Gasteiger partial charge in [0.15, 0.2) is 0 Å². The van der Waals surface area contributed by atoms with E-state index in [-0.39, 0.29) is 0 Å². The van der Waals surface area contributed by atoms with Gasteiger partial charge in [0.05, 0.1) is 6.10 Å². The van der Waals surface area contributed by atoms with Crippen LogP contribution in [0.25, 0.3) is 0 Å². The van der Waals surface area contributed by atoms with Gasteiger partial charge < -0.3 is 14.2 Å². The number of hydrogen-bond donors (Lipinski definition) is 0. The predicted molar refractivity (Wildman–Crippen MR) is 53.3 cm³/mol. The van der Waals surface area contributed by atoms with Gasteiger partial charge in [0.2, 0.25) is 0 Å². The minimum atomic E-state index is -4.80. The summed E-state index contributed by atoms with van der Waals surface area (Å²) in [4.78, 5) is 11.3. The number of methoxy groups -OCH3 is 1. The Morgan fingerprint density at radius 3 is 2.35 bits per heavy atom. The highest BCUT2D eigenvalue weighted by Crippen LogP contribution is 2.24. The zero-order chi connectivity index (χ0) is 13.5. The van der Waals surface area contributed by atoms with E-state index in [9.17, 15) is 18.0 Å². The number of carbonyl (C=O) groups excluding carboxylic acids is 1. The summed E-state index contributed by atoms with van der Waals surface area (Å²) in [6, 6.07) is 0. The van der Waals surface area contributed by atoms with E-state index < -0.39 is 31.1 Å². The lowest BCUT2D eigenvalue weighted by molar-refractivity contribution is -0.247. The molecule has 7 heteroatoms. The van der Waals surface area contributed by atoms with Gasteiger partial charge in [0.1, 0.15) is 6.79 Å². The highest BCUT2D eigenvalue weighted by molar-refractivity contribution is 5.75. The largest absolute Gasteiger partial charge is 0.460 e. The summed E-state index contributed by atoms with van der Waals surface area (Å²) in [5.74, 6) is -1.43. The Hall–Kier alpha value is -0.820. The molecule has 2 atom stereocenters. The summed E-state index contributed by atoms with van der Waals surface area (Å²) in [7, 11) is 1.17. The molecule has 0 aromatic heterocycles. The number of rotatable bonds is 7. The van der Waals surface area contributed by atoms with Crippen LogP contribution in [0.2, 0.25) is 0 Å². The Bertz CT molecular complexity index is 230. The summed E-state index contributed by atoms with van der Waals surface area (Å²) < 4.78 is 50.6. The van der Waals surface area contributed by atoms with Crippen LogP contribution >= 0.6 is 0 Å². The summed E-state index contributed by atoms with van der Waals surface area (Å²) in [6.07, 6.45) is -6.75. The summed E-state index contributed by atoms with van der Waals surface area (Å²) in [6.45, 7) is 2.75. The molecule has 0 aromatic rings. The van der Waals surface area contributed by atoms with Gasteiger partial charge in [-0.25, -0.2) is 4.79 Å². The highest BCUT2D eigenvalue weighted by Gasteiger charge is 2.47. The first-order valence-corrected chi connectivity index (χ1v) is 5.20. The summed E-state index contributed by atoms with van der Waals surface area (Å²) >= 11 is 0. The van der Waals surface area contributed by atoms with Crippen molar-refractivity contribution in [1.82, 2.24) is 0 Å². The quantitative estimate of drug-likeness (QED) is 0.519. The van der Waals surface area contributed by atoms with E-state index >= 15 is 0 Å². The molecular formula is C10H17F3O4. The van der Waals surface area contributed by atoms with E-state index in [0.717, 1.165) is 0 Å². The third-order valence-corrected chi connectivity index (χ3v) is 1.88. The van der Waals surface area contributed by atoms with Crippen LogP contribution in [-0.4, -0.2) is 38.3 Å². The number of halogens is 3. The number of alkyl halides is 3. The average Bonchev–Trinajstić information content (AvgIpc) is 2.16. The monoisotopic (exact) mass is 258 g/mol. The van der Waals surface area contributed by atoms with Crippen molar-refractivity contribution in [3.05, 3.63) is 0 Å². The van der Waals surface area contributed by atoms with E-state index in [4.69, 9.17) is 0 Å². The SMILES string of the molecule is CCCC(C)OC(=O)[C@H](OCOC)C(F)(F)F. The second-order valence-electron chi connectivity index (χ2n) is 3.53. The molecule has 0 fully saturated rings. The molecule has 0 rings (SSSR count). The zero-order valence-corrected chi connectivity index (χ0v) is 10.0. The van der Waals surface area contributed by atoms with Crippen LogP contribution in [0.3, 0.4) is 0 Å². The lowest BCUT2D eigenvalue weighted by Gasteiger charge is -2.21. The van der Waals surface area contributed by atoms with E-state index in [1.54, 1.807) is 0 Å². The van der Waals surface area contributed by atoms with Gasteiger partial charge in [-0.05, 0) is 13.3 Å². The van der Waals surface area contributed by atoms with Crippen LogP contribution in [0.4, 0.5) is 13.2 Å². The van der Waals surface area contributed by atoms with Crippen molar-refractivity contribution >= 4 is 5.97 Å². The van der Waals surface area contributed by atoms with Gasteiger partial charge in [-0.3, -0.25) is 0 Å². The van der Waals surface area contributed by atoms with E-state index in [2.05, 4.69) is 14.2 Å². The molecule has 0 radical (unpaired) electrons. The van der Waals surface area contributed by atoms with E-state index in [1.165, 1.54) is 14.0 Å². The molecule has 0 spiro atoms. The van der Waals surface area contributed by atoms with E-state index in [1.807, 2.05) is 6.92 Å². The molecule has 0 saturated carbocycles. The van der Waals surface area contributed by atoms with Crippen molar-refractivity contribution in [1.29, 1.82) is 0 Å². The number of ether oxygens (including phenoxy) is 3. The molecule has 1 unspecified atom stereocenters. The van der Waals surface area contributed by atoms with Crippen LogP contribution in [0, 0.1) is 0 Å². The fourth-order valence-electron chi connectivity index (χ4n) is 1.16. The molecule has 102 valence electrons. The fourth-order valence-corrected chi connectivity index (χ4v) is 1.16. The predicted octanol–water partition coefficient (Wildman–Crippen LogP) is 2.27. The van der Waals surface area contributed by atoms with Crippen molar-refractivity contribution in [3.8, 4) is 0 Å². The molecular weight excluding hydrogens is 241 g/mol. The van der Waals surface area contributed by atoms with E-state index in [0.29, 0.717) is 12.8 Å². The molecule has 0 heterocycles. The van der Waals surface area contributed by atoms with Crippen LogP contribution < -0.4 is 0 Å². The molecule has 0 aliphatic heterocycles. The van der Waals surface area contributed by atoms with Gasteiger partial charge in [0, 0.05) is 7.11 Å². The molecule has 0 aliphatic rings. The van der Waals surface area contributed by atoms with Gasteiger partial charge in [-0.15, -0.1) is 0 Å². The lowest BCUT2D eigenvalue weighted by Crippen LogP contribution is -2.41. The third kappa shape index (κ3) is 6.48. The Morgan fingerprint density at radius 1 is 1.35 bits per heavy atom. The molecule has 0 aliphatic carbocycles. The molecule has 17 heavy (non-hydrogen) atoms. The van der Waals surface area contributed by atoms with Crippen molar-refractivity contribution in [2.75, 3.05) is 13.9 Å². The maximum absolute atomic E-state index is 12.4. The van der Waals surface area contributed by atoms with Gasteiger partial charge in [-0.1, -0.05) is 13.3 Å². The second kappa shape index (κ2) is 7.50. The Kier molecular flexibility index (Phi) is 7.13. The standard InChI is InChI=1S/C10H17F3O4/c1-4-5-7(2)17-9(14)8(10(11,12)13)16-6-15-3/h7-8H,4-6H2,1-3H3/t7?,8-/m0/s1. The number of carbonyl (C=O) groups is 1. The normalized spacial score (nSPS) is 15.4. The fraction of sp³-hybridized carbons (Fsp3) is 0.900. The summed E-state index contributed by atoms with van der Waals surface area (Å²) in [5, 5.41) is 0. The maximum Gasteiger partial charge on any atom is 0.425 e. The van der Waals surface area contributed by atoms with Gasteiger partial charge in [0.25, 0.3) is 6.10 Å². The maximum atomic E-state index is 12.4. The third-order valence-electron chi connectivity index (χ3n) is 1.88. The molecule has 0 aromatic carbocycles. The van der Waals surface area contributed by atoms with Crippen molar-refractivity contribution in [2.45, 2.75) is 45.1 Å². The van der Waals surface area contributed by atoms with Crippen molar-refractivity contribution in [2.24, 2.45) is 0 Å². The zero-order valence-electron chi connectivity index (χ0n) is 10.0. The Balaban J connectivity index is 4.42. The molecule has 4 nitrogen and oxygen atoms in total. The Labute approximate surface area is 98.0 Å². The number of esters is 1. The molecule has 0 saturated heterocycles. The first-order valence-electron chi connectivity index (χ1n) is 5.20. The lowest BCUT2D eigenvalue weighted by atomic mass is 10.2. The first kappa shape index (κ1) is 16.2. The number of hydrogen-bond acceptors (Lipinski definition) is 4. The smallest absolute Gasteiger partial charge is 0.425 e. The molecule has 0 amide bonds. The average molecular weight is 258 g/mol. The van der Waals surface area contributed by atoms with Crippen LogP contribution in [-0.2, 0) is 19.0 Å².